The van der Waals surface area contributed by atoms with E-state index in [2.05, 4.69) is 6.58 Å². The lowest BCUT2D eigenvalue weighted by atomic mass is 9.95. The Hall–Kier alpha value is -3.29. The number of nitrogens with zero attached hydrogens (tertiary/aromatic N) is 1. The first-order chi connectivity index (χ1) is 15.9. The van der Waals surface area contributed by atoms with Gasteiger partial charge in [-0.15, -0.1) is 0 Å². The second-order valence-corrected chi connectivity index (χ2v) is 7.64. The fourth-order valence-corrected chi connectivity index (χ4v) is 3.86. The van der Waals surface area contributed by atoms with Crippen LogP contribution in [0, 0.1) is 0 Å². The van der Waals surface area contributed by atoms with Crippen molar-refractivity contribution in [1.29, 1.82) is 0 Å². The molecule has 0 radical (unpaired) electrons. The molecule has 1 N–H and O–H groups in total. The minimum absolute atomic E-state index is 0.0175. The van der Waals surface area contributed by atoms with Gasteiger partial charge < -0.3 is 24.2 Å². The molecule has 8 heteroatoms. The molecule has 1 atom stereocenters. The summed E-state index contributed by atoms with van der Waals surface area (Å²) in [6, 6.07) is 10.9. The summed E-state index contributed by atoms with van der Waals surface area (Å²) in [7, 11) is 1.51. The summed E-state index contributed by atoms with van der Waals surface area (Å²) >= 11 is 6.28. The average molecular weight is 472 g/mol. The zero-order valence-corrected chi connectivity index (χ0v) is 19.3. The zero-order valence-electron chi connectivity index (χ0n) is 18.5. The number of hydrogen-bond donors (Lipinski definition) is 1. The maximum atomic E-state index is 13.0. The molecule has 7 nitrogen and oxygen atoms in total. The van der Waals surface area contributed by atoms with E-state index in [0.717, 1.165) is 0 Å². The molecular weight excluding hydrogens is 446 g/mol. The highest BCUT2D eigenvalue weighted by Crippen LogP contribution is 2.40. The van der Waals surface area contributed by atoms with E-state index < -0.39 is 17.7 Å². The second kappa shape index (κ2) is 11.0. The lowest BCUT2D eigenvalue weighted by Crippen LogP contribution is -2.32. The number of ether oxygens (including phenoxy) is 3. The molecule has 0 spiro atoms. The van der Waals surface area contributed by atoms with Crippen LogP contribution < -0.4 is 9.47 Å². The Morgan fingerprint density at radius 3 is 2.52 bits per heavy atom. The zero-order chi connectivity index (χ0) is 24.0. The van der Waals surface area contributed by atoms with Gasteiger partial charge in [-0.2, -0.15) is 0 Å². The molecule has 1 aliphatic rings. The lowest BCUT2D eigenvalue weighted by molar-refractivity contribution is -0.140. The van der Waals surface area contributed by atoms with Gasteiger partial charge in [-0.25, -0.2) is 0 Å². The number of benzene rings is 2. The maximum Gasteiger partial charge on any atom is 0.295 e. The molecule has 0 aliphatic carbocycles. The van der Waals surface area contributed by atoms with Gasteiger partial charge in [0, 0.05) is 19.2 Å². The highest BCUT2D eigenvalue weighted by atomic mass is 35.5. The highest BCUT2D eigenvalue weighted by Gasteiger charge is 2.45. The van der Waals surface area contributed by atoms with Crippen LogP contribution in [0.3, 0.4) is 0 Å². The number of carbonyl (C=O) groups excluding carboxylic acids is 2. The predicted octanol–water partition coefficient (Wildman–Crippen LogP) is 4.37. The van der Waals surface area contributed by atoms with Crippen molar-refractivity contribution in [1.82, 2.24) is 4.90 Å². The quantitative estimate of drug-likeness (QED) is 0.240. The van der Waals surface area contributed by atoms with Crippen LogP contribution in [-0.4, -0.2) is 55.2 Å². The number of carbonyl (C=O) groups is 2. The van der Waals surface area contributed by atoms with Gasteiger partial charge in [-0.1, -0.05) is 36.4 Å². The second-order valence-electron chi connectivity index (χ2n) is 7.23. The number of amides is 1. The molecule has 1 fully saturated rings. The molecule has 3 rings (SSSR count). The lowest BCUT2D eigenvalue weighted by Gasteiger charge is -2.25. The van der Waals surface area contributed by atoms with Crippen molar-refractivity contribution in [2.24, 2.45) is 0 Å². The standard InChI is InChI=1S/C25H26ClNO6/c1-4-13-33-18-9-6-16(7-10-18)22-21(24(29)25(30)27(22)12-14-31-3)23(28)17-8-11-20(32-5-2)19(26)15-17/h4,6-11,15,22,28H,1,5,12-14H2,2-3H3/t22-/m0/s1. The normalized spacial score (nSPS) is 17.3. The minimum atomic E-state index is -0.793. The fraction of sp³-hybridized carbons (Fsp3) is 0.280. The summed E-state index contributed by atoms with van der Waals surface area (Å²) in [5, 5.41) is 11.4. The van der Waals surface area contributed by atoms with Crippen molar-refractivity contribution in [3.05, 3.63) is 76.8 Å². The number of likely N-dealkylation sites (tertiary alicyclic amines) is 1. The molecule has 2 aromatic rings. The van der Waals surface area contributed by atoms with E-state index in [1.807, 2.05) is 6.92 Å². The molecule has 1 saturated heterocycles. The van der Waals surface area contributed by atoms with Crippen molar-refractivity contribution >= 4 is 29.1 Å². The summed E-state index contributed by atoms with van der Waals surface area (Å²) in [4.78, 5) is 27.2. The van der Waals surface area contributed by atoms with Crippen LogP contribution in [0.15, 0.2) is 60.7 Å². The summed E-state index contributed by atoms with van der Waals surface area (Å²) in [5.74, 6) is -0.711. The maximum absolute atomic E-state index is 13.0. The summed E-state index contributed by atoms with van der Waals surface area (Å²) in [6.07, 6.45) is 1.63. The Kier molecular flexibility index (Phi) is 8.14. The van der Waals surface area contributed by atoms with Crippen molar-refractivity contribution in [2.75, 3.05) is 33.5 Å². The molecule has 33 heavy (non-hydrogen) atoms. The highest BCUT2D eigenvalue weighted by molar-refractivity contribution is 6.46. The number of hydrogen-bond acceptors (Lipinski definition) is 6. The predicted molar refractivity (Wildman–Crippen MR) is 126 cm³/mol. The molecule has 0 unspecified atom stereocenters. The van der Waals surface area contributed by atoms with E-state index in [-0.39, 0.29) is 29.5 Å². The SMILES string of the molecule is C=CCOc1ccc([C@H]2C(=C(O)c3ccc(OCC)c(Cl)c3)C(=O)C(=O)N2CCOC)cc1. The van der Waals surface area contributed by atoms with Crippen molar-refractivity contribution < 1.29 is 28.9 Å². The number of aliphatic hydroxyl groups is 1. The van der Waals surface area contributed by atoms with Crippen molar-refractivity contribution in [3.63, 3.8) is 0 Å². The third kappa shape index (κ3) is 5.21. The van der Waals surface area contributed by atoms with Crippen molar-refractivity contribution in [3.8, 4) is 11.5 Å². The Balaban J connectivity index is 2.08. The van der Waals surface area contributed by atoms with Crippen LogP contribution in [0.4, 0.5) is 0 Å². The van der Waals surface area contributed by atoms with E-state index in [9.17, 15) is 14.7 Å². The smallest absolute Gasteiger partial charge is 0.295 e. The van der Waals surface area contributed by atoms with Gasteiger partial charge in [-0.05, 0) is 42.8 Å². The van der Waals surface area contributed by atoms with Gasteiger partial charge in [0.2, 0.25) is 0 Å². The molecule has 1 amide bonds. The molecule has 0 bridgehead atoms. The van der Waals surface area contributed by atoms with Crippen LogP contribution in [-0.2, 0) is 14.3 Å². The first-order valence-corrected chi connectivity index (χ1v) is 10.8. The molecule has 0 aromatic heterocycles. The van der Waals surface area contributed by atoms with E-state index >= 15 is 0 Å². The Morgan fingerprint density at radius 1 is 1.18 bits per heavy atom. The molecule has 1 aliphatic heterocycles. The molecule has 2 aromatic carbocycles. The van der Waals surface area contributed by atoms with E-state index in [4.69, 9.17) is 25.8 Å². The number of methoxy groups -OCH3 is 1. The molecule has 174 valence electrons. The Labute approximate surface area is 197 Å². The summed E-state index contributed by atoms with van der Waals surface area (Å²) in [5.41, 5.74) is 0.940. The topological polar surface area (TPSA) is 85.3 Å². The van der Waals surface area contributed by atoms with Crippen LogP contribution in [0.25, 0.3) is 5.76 Å². The first kappa shape index (κ1) is 24.4. The van der Waals surface area contributed by atoms with Crippen LogP contribution in [0.1, 0.15) is 24.1 Å². The van der Waals surface area contributed by atoms with Gasteiger partial charge in [0.15, 0.2) is 0 Å². The molecule has 0 saturated carbocycles. The third-order valence-electron chi connectivity index (χ3n) is 5.15. The molecular formula is C25H26ClNO6. The summed E-state index contributed by atoms with van der Waals surface area (Å²) in [6.45, 7) is 6.66. The monoisotopic (exact) mass is 471 g/mol. The van der Waals surface area contributed by atoms with Gasteiger partial charge in [-0.3, -0.25) is 9.59 Å². The number of aliphatic hydroxyl groups excluding tert-OH is 1. The summed E-state index contributed by atoms with van der Waals surface area (Å²) < 4.78 is 16.1. The average Bonchev–Trinajstić information content (AvgIpc) is 3.07. The van der Waals surface area contributed by atoms with Crippen molar-refractivity contribution in [2.45, 2.75) is 13.0 Å². The third-order valence-corrected chi connectivity index (χ3v) is 5.44. The van der Waals surface area contributed by atoms with Crippen LogP contribution in [0.2, 0.25) is 5.02 Å². The number of halogens is 1. The van der Waals surface area contributed by atoms with Crippen LogP contribution in [0.5, 0.6) is 11.5 Å². The fourth-order valence-electron chi connectivity index (χ4n) is 3.62. The number of ketones is 1. The van der Waals surface area contributed by atoms with E-state index in [1.165, 1.54) is 18.1 Å². The van der Waals surface area contributed by atoms with Crippen LogP contribution >= 0.6 is 11.6 Å². The number of rotatable bonds is 10. The van der Waals surface area contributed by atoms with Gasteiger partial charge in [0.1, 0.15) is 23.9 Å². The number of Topliss-reactive ketones (excluding diaryl/α,β-unsaturated/α-hetero) is 1. The Bertz CT molecular complexity index is 1060. The van der Waals surface area contributed by atoms with Gasteiger partial charge in [0.25, 0.3) is 11.7 Å². The van der Waals surface area contributed by atoms with E-state index in [1.54, 1.807) is 42.5 Å². The first-order valence-electron chi connectivity index (χ1n) is 10.5. The Morgan fingerprint density at radius 2 is 1.91 bits per heavy atom. The van der Waals surface area contributed by atoms with Gasteiger partial charge in [0.05, 0.1) is 29.9 Å². The minimum Gasteiger partial charge on any atom is -0.507 e. The van der Waals surface area contributed by atoms with E-state index in [0.29, 0.717) is 35.8 Å². The largest absolute Gasteiger partial charge is 0.507 e. The molecule has 1 heterocycles. The van der Waals surface area contributed by atoms with Gasteiger partial charge >= 0.3 is 0 Å².